The van der Waals surface area contributed by atoms with Gasteiger partial charge in [0.25, 0.3) is 11.1 Å². The molecular formula is C28H31N3O5S. The molecule has 1 fully saturated rings. The summed E-state index contributed by atoms with van der Waals surface area (Å²) in [5, 5.41) is 18.0. The van der Waals surface area contributed by atoms with E-state index in [1.807, 2.05) is 78.9 Å². The van der Waals surface area contributed by atoms with Crippen molar-refractivity contribution in [3.63, 3.8) is 0 Å². The number of amides is 2. The Labute approximate surface area is 220 Å². The Balaban J connectivity index is 1.07. The highest BCUT2D eigenvalue weighted by Crippen LogP contribution is 2.19. The highest BCUT2D eigenvalue weighted by Gasteiger charge is 2.30. The smallest absolute Gasteiger partial charge is 0.287 e. The van der Waals surface area contributed by atoms with Crippen LogP contribution in [0.15, 0.2) is 78.9 Å². The fourth-order valence-electron chi connectivity index (χ4n) is 3.65. The van der Waals surface area contributed by atoms with Gasteiger partial charge in [-0.1, -0.05) is 54.6 Å². The number of aliphatic hydroxyl groups excluding tert-OH is 1. The van der Waals surface area contributed by atoms with Gasteiger partial charge in [-0.25, -0.2) is 0 Å². The van der Waals surface area contributed by atoms with E-state index in [4.69, 9.17) is 9.47 Å². The SMILES string of the molecule is O=C1NC(=O)C(NCc2ccc(CCNCC(O)COc3ccc(OCc4ccccc4)cc3)cc2)S1. The van der Waals surface area contributed by atoms with Gasteiger partial charge in [0.1, 0.15) is 36.2 Å². The third kappa shape index (κ3) is 8.91. The van der Waals surface area contributed by atoms with Crippen LogP contribution in [0.4, 0.5) is 4.79 Å². The number of benzene rings is 3. The zero-order valence-electron chi connectivity index (χ0n) is 20.4. The average molecular weight is 522 g/mol. The second kappa shape index (κ2) is 13.8. The highest BCUT2D eigenvalue weighted by atomic mass is 32.2. The minimum atomic E-state index is -0.625. The standard InChI is InChI=1S/C28H31N3O5S/c32-23(19-36-25-12-10-24(11-13-25)35-18-22-4-2-1-3-5-22)17-29-15-14-20-6-8-21(9-7-20)16-30-27-26(33)31-28(34)37-27/h1-13,23,27,29-30,32H,14-19H2,(H,31,33,34). The van der Waals surface area contributed by atoms with E-state index in [1.54, 1.807) is 0 Å². The summed E-state index contributed by atoms with van der Waals surface area (Å²) in [6.07, 6.45) is 0.196. The van der Waals surface area contributed by atoms with Crippen molar-refractivity contribution in [2.75, 3.05) is 19.7 Å². The van der Waals surface area contributed by atoms with Crippen LogP contribution in [0.5, 0.6) is 11.5 Å². The number of imide groups is 1. The molecule has 8 nitrogen and oxygen atoms in total. The van der Waals surface area contributed by atoms with Crippen LogP contribution in [-0.2, 0) is 24.4 Å². The first-order valence-electron chi connectivity index (χ1n) is 12.2. The number of hydrogen-bond donors (Lipinski definition) is 4. The molecule has 0 saturated carbocycles. The van der Waals surface area contributed by atoms with Gasteiger partial charge >= 0.3 is 0 Å². The van der Waals surface area contributed by atoms with E-state index in [9.17, 15) is 14.7 Å². The van der Waals surface area contributed by atoms with Gasteiger partial charge in [0, 0.05) is 13.1 Å². The van der Waals surface area contributed by atoms with Crippen molar-refractivity contribution in [1.29, 1.82) is 0 Å². The van der Waals surface area contributed by atoms with E-state index in [-0.39, 0.29) is 17.8 Å². The Hall–Kier alpha value is -3.37. The Morgan fingerprint density at radius 2 is 1.54 bits per heavy atom. The predicted octanol–water partition coefficient (Wildman–Crippen LogP) is 3.24. The van der Waals surface area contributed by atoms with Crippen molar-refractivity contribution in [2.45, 2.75) is 31.1 Å². The molecule has 1 aliphatic heterocycles. The fourth-order valence-corrected chi connectivity index (χ4v) is 4.36. The summed E-state index contributed by atoms with van der Waals surface area (Å²) in [5.74, 6) is 1.14. The van der Waals surface area contributed by atoms with E-state index < -0.39 is 11.5 Å². The van der Waals surface area contributed by atoms with Gasteiger partial charge in [-0.05, 0) is 65.7 Å². The lowest BCUT2D eigenvalue weighted by atomic mass is 10.1. The molecule has 0 aliphatic carbocycles. The van der Waals surface area contributed by atoms with E-state index in [0.717, 1.165) is 41.6 Å². The van der Waals surface area contributed by atoms with E-state index in [0.29, 0.717) is 25.4 Å². The number of carbonyl (C=O) groups excluding carboxylic acids is 2. The summed E-state index contributed by atoms with van der Waals surface area (Å²) in [5.41, 5.74) is 3.31. The van der Waals surface area contributed by atoms with Crippen LogP contribution in [0.2, 0.25) is 0 Å². The first kappa shape index (κ1) is 26.7. The van der Waals surface area contributed by atoms with E-state index in [2.05, 4.69) is 16.0 Å². The molecule has 2 amide bonds. The van der Waals surface area contributed by atoms with Crippen molar-refractivity contribution in [1.82, 2.24) is 16.0 Å². The topological polar surface area (TPSA) is 109 Å². The molecule has 0 bridgehead atoms. The highest BCUT2D eigenvalue weighted by molar-refractivity contribution is 8.15. The molecule has 2 atom stereocenters. The van der Waals surface area contributed by atoms with E-state index >= 15 is 0 Å². The van der Waals surface area contributed by atoms with E-state index in [1.165, 1.54) is 5.56 Å². The third-order valence-corrected chi connectivity index (χ3v) is 6.62. The first-order chi connectivity index (χ1) is 18.0. The number of nitrogens with one attached hydrogen (secondary N) is 3. The Kier molecular flexibility index (Phi) is 9.96. The minimum absolute atomic E-state index is 0.196. The van der Waals surface area contributed by atoms with Gasteiger partial charge in [-0.15, -0.1) is 0 Å². The third-order valence-electron chi connectivity index (χ3n) is 5.69. The molecular weight excluding hydrogens is 490 g/mol. The van der Waals surface area contributed by atoms with Crippen molar-refractivity contribution >= 4 is 22.9 Å². The summed E-state index contributed by atoms with van der Waals surface area (Å²) < 4.78 is 11.5. The van der Waals surface area contributed by atoms with Crippen LogP contribution < -0.4 is 25.4 Å². The maximum absolute atomic E-state index is 11.6. The van der Waals surface area contributed by atoms with Crippen LogP contribution in [0.1, 0.15) is 16.7 Å². The molecule has 1 aliphatic rings. The van der Waals surface area contributed by atoms with Crippen molar-refractivity contribution in [3.05, 3.63) is 95.6 Å². The minimum Gasteiger partial charge on any atom is -0.491 e. The molecule has 0 aromatic heterocycles. The summed E-state index contributed by atoms with van der Waals surface area (Å²) in [6.45, 7) is 2.37. The molecule has 0 radical (unpaired) electrons. The molecule has 2 unspecified atom stereocenters. The average Bonchev–Trinajstić information content (AvgIpc) is 3.25. The molecule has 194 valence electrons. The molecule has 9 heteroatoms. The van der Waals surface area contributed by atoms with Crippen LogP contribution in [0.3, 0.4) is 0 Å². The second-order valence-electron chi connectivity index (χ2n) is 8.64. The fraction of sp³-hybridized carbons (Fsp3) is 0.286. The first-order valence-corrected chi connectivity index (χ1v) is 13.0. The molecule has 37 heavy (non-hydrogen) atoms. The predicted molar refractivity (Wildman–Crippen MR) is 143 cm³/mol. The number of carbonyl (C=O) groups is 2. The van der Waals surface area contributed by atoms with Crippen LogP contribution in [-0.4, -0.2) is 47.4 Å². The number of hydrogen-bond acceptors (Lipinski definition) is 8. The Morgan fingerprint density at radius 1 is 0.865 bits per heavy atom. The summed E-state index contributed by atoms with van der Waals surface area (Å²) in [4.78, 5) is 22.8. The molecule has 1 saturated heterocycles. The lowest BCUT2D eigenvalue weighted by molar-refractivity contribution is -0.119. The van der Waals surface area contributed by atoms with Gasteiger partial charge in [-0.3, -0.25) is 20.2 Å². The van der Waals surface area contributed by atoms with Crippen molar-refractivity contribution in [2.24, 2.45) is 0 Å². The molecule has 4 rings (SSSR count). The summed E-state index contributed by atoms with van der Waals surface area (Å²) in [7, 11) is 0. The van der Waals surface area contributed by atoms with Crippen molar-refractivity contribution in [3.8, 4) is 11.5 Å². The van der Waals surface area contributed by atoms with Gasteiger partial charge in [-0.2, -0.15) is 0 Å². The zero-order valence-corrected chi connectivity index (χ0v) is 21.2. The largest absolute Gasteiger partial charge is 0.491 e. The van der Waals surface area contributed by atoms with Gasteiger partial charge in [0.15, 0.2) is 0 Å². The lowest BCUT2D eigenvalue weighted by Gasteiger charge is -2.14. The molecule has 3 aromatic carbocycles. The molecule has 4 N–H and O–H groups in total. The monoisotopic (exact) mass is 521 g/mol. The summed E-state index contributed by atoms with van der Waals surface area (Å²) >= 11 is 0.962. The van der Waals surface area contributed by atoms with Gasteiger partial charge in [0.2, 0.25) is 0 Å². The quantitative estimate of drug-likeness (QED) is 0.240. The van der Waals surface area contributed by atoms with Gasteiger partial charge in [0.05, 0.1) is 0 Å². The number of ether oxygens (including phenoxy) is 2. The Bertz CT molecular complexity index is 1140. The number of thioether (sulfide) groups is 1. The summed E-state index contributed by atoms with van der Waals surface area (Å²) in [6, 6.07) is 25.5. The van der Waals surface area contributed by atoms with Crippen LogP contribution in [0.25, 0.3) is 0 Å². The number of aliphatic hydroxyl groups is 1. The van der Waals surface area contributed by atoms with Crippen molar-refractivity contribution < 1.29 is 24.2 Å². The molecule has 0 spiro atoms. The lowest BCUT2D eigenvalue weighted by Crippen LogP contribution is -2.34. The van der Waals surface area contributed by atoms with Gasteiger partial charge < -0.3 is 19.9 Å². The van der Waals surface area contributed by atoms with Crippen LogP contribution in [0, 0.1) is 0 Å². The zero-order chi connectivity index (χ0) is 25.9. The number of rotatable bonds is 14. The second-order valence-corrected chi connectivity index (χ2v) is 9.71. The van der Waals surface area contributed by atoms with Crippen LogP contribution >= 0.6 is 11.8 Å². The maximum atomic E-state index is 11.6. The maximum Gasteiger partial charge on any atom is 0.287 e. The molecule has 3 aromatic rings. The normalized spacial score (nSPS) is 15.9. The Morgan fingerprint density at radius 3 is 2.22 bits per heavy atom. The molecule has 1 heterocycles.